The van der Waals surface area contributed by atoms with Crippen molar-refractivity contribution in [3.05, 3.63) is 46.5 Å². The average Bonchev–Trinajstić information content (AvgIpc) is 2.69. The van der Waals surface area contributed by atoms with Gasteiger partial charge in [0, 0.05) is 17.8 Å². The van der Waals surface area contributed by atoms with E-state index in [1.54, 1.807) is 0 Å². The smallest absolute Gasteiger partial charge is 0.352 e. The van der Waals surface area contributed by atoms with Crippen molar-refractivity contribution in [2.45, 2.75) is 38.3 Å². The molecule has 0 spiro atoms. The van der Waals surface area contributed by atoms with E-state index in [4.69, 9.17) is 11.6 Å². The number of amides is 1. The fourth-order valence-electron chi connectivity index (χ4n) is 3.26. The summed E-state index contributed by atoms with van der Waals surface area (Å²) in [5, 5.41) is 5.10. The summed E-state index contributed by atoms with van der Waals surface area (Å²) in [4.78, 5) is 19.5. The highest BCUT2D eigenvalue weighted by Gasteiger charge is 2.38. The molecule has 0 unspecified atom stereocenters. The largest absolute Gasteiger partial charge is 0.434 e. The first-order chi connectivity index (χ1) is 13.7. The number of halogens is 5. The van der Waals surface area contributed by atoms with Crippen molar-refractivity contribution in [2.24, 2.45) is 5.92 Å². The maximum absolute atomic E-state index is 13.8. The van der Waals surface area contributed by atoms with Gasteiger partial charge in [-0.3, -0.25) is 4.79 Å². The zero-order valence-corrected chi connectivity index (χ0v) is 16.1. The highest BCUT2D eigenvalue weighted by atomic mass is 35.5. The van der Waals surface area contributed by atoms with Crippen LogP contribution in [0.5, 0.6) is 0 Å². The third kappa shape index (κ3) is 5.56. The second-order valence-electron chi connectivity index (χ2n) is 6.92. The minimum atomic E-state index is -4.89. The van der Waals surface area contributed by atoms with Crippen molar-refractivity contribution in [1.82, 2.24) is 15.3 Å². The summed E-state index contributed by atoms with van der Waals surface area (Å²) in [5.74, 6) is -1.86. The molecule has 2 aromatic rings. The summed E-state index contributed by atoms with van der Waals surface area (Å²) < 4.78 is 54.2. The van der Waals surface area contributed by atoms with E-state index < -0.39 is 35.1 Å². The van der Waals surface area contributed by atoms with Crippen molar-refractivity contribution in [3.63, 3.8) is 0 Å². The van der Waals surface area contributed by atoms with E-state index in [1.807, 2.05) is 0 Å². The van der Waals surface area contributed by atoms with Gasteiger partial charge >= 0.3 is 6.18 Å². The molecule has 1 heterocycles. The van der Waals surface area contributed by atoms with Crippen LogP contribution in [-0.4, -0.2) is 22.4 Å². The number of rotatable bonds is 5. The van der Waals surface area contributed by atoms with E-state index in [-0.39, 0.29) is 16.6 Å². The van der Waals surface area contributed by atoms with Crippen LogP contribution in [0.2, 0.25) is 5.02 Å². The van der Waals surface area contributed by atoms with Gasteiger partial charge in [0.05, 0.1) is 11.3 Å². The van der Waals surface area contributed by atoms with E-state index in [0.29, 0.717) is 6.54 Å². The molecule has 1 saturated carbocycles. The predicted octanol–water partition coefficient (Wildman–Crippen LogP) is 5.34. The first kappa shape index (κ1) is 21.3. The van der Waals surface area contributed by atoms with Crippen molar-refractivity contribution >= 4 is 29.1 Å². The molecule has 1 aromatic heterocycles. The Bertz CT molecular complexity index is 885. The topological polar surface area (TPSA) is 66.9 Å². The van der Waals surface area contributed by atoms with Crippen LogP contribution in [-0.2, 0) is 6.18 Å². The summed E-state index contributed by atoms with van der Waals surface area (Å²) in [7, 11) is 0. The molecular weight excluding hydrogens is 412 g/mol. The number of aromatic nitrogens is 2. The van der Waals surface area contributed by atoms with Gasteiger partial charge in [0.25, 0.3) is 5.91 Å². The molecular formula is C19H19ClF4N4O. The second-order valence-corrected chi connectivity index (χ2v) is 7.35. The summed E-state index contributed by atoms with van der Waals surface area (Å²) in [6.45, 7) is 0.309. The van der Waals surface area contributed by atoms with E-state index in [9.17, 15) is 22.4 Å². The van der Waals surface area contributed by atoms with Crippen molar-refractivity contribution < 1.29 is 22.4 Å². The van der Waals surface area contributed by atoms with E-state index in [0.717, 1.165) is 44.4 Å². The molecule has 0 aliphatic heterocycles. The molecule has 0 atom stereocenters. The molecule has 1 aromatic carbocycles. The third-order valence-electron chi connectivity index (χ3n) is 4.75. The molecule has 3 rings (SSSR count). The number of hydrogen-bond donors (Lipinski definition) is 2. The molecule has 0 bridgehead atoms. The van der Waals surface area contributed by atoms with Crippen LogP contribution < -0.4 is 10.6 Å². The molecule has 29 heavy (non-hydrogen) atoms. The summed E-state index contributed by atoms with van der Waals surface area (Å²) in [6.07, 6.45) is 1.03. The second kappa shape index (κ2) is 8.94. The van der Waals surface area contributed by atoms with Gasteiger partial charge in [0.1, 0.15) is 5.82 Å². The average molecular weight is 431 g/mol. The molecule has 1 aliphatic carbocycles. The minimum Gasteiger partial charge on any atom is -0.352 e. The summed E-state index contributed by atoms with van der Waals surface area (Å²) in [5.41, 5.74) is -2.25. The van der Waals surface area contributed by atoms with Gasteiger partial charge in [-0.05, 0) is 37.0 Å². The zero-order chi connectivity index (χ0) is 21.0. The predicted molar refractivity (Wildman–Crippen MR) is 101 cm³/mol. The molecule has 2 N–H and O–H groups in total. The SMILES string of the molecule is O=C(NCC1CCCCC1)c1cnc(Nc2cc(Cl)ccc2F)nc1C(F)(F)F. The number of carbonyl (C=O) groups excluding carboxylic acids is 1. The van der Waals surface area contributed by atoms with Crippen LogP contribution in [0.25, 0.3) is 0 Å². The maximum atomic E-state index is 13.8. The van der Waals surface area contributed by atoms with Gasteiger partial charge in [0.2, 0.25) is 5.95 Å². The lowest BCUT2D eigenvalue weighted by Gasteiger charge is -2.22. The van der Waals surface area contributed by atoms with Crippen LogP contribution in [0.1, 0.15) is 48.2 Å². The highest BCUT2D eigenvalue weighted by molar-refractivity contribution is 6.30. The standard InChI is InChI=1S/C19H19ClF4N4O/c20-12-6-7-14(21)15(8-12)27-18-26-10-13(16(28-18)19(22,23)24)17(29)25-9-11-4-2-1-3-5-11/h6-8,10-11H,1-5,9H2,(H,25,29)(H,26,27,28). The van der Waals surface area contributed by atoms with Gasteiger partial charge in [-0.15, -0.1) is 0 Å². The van der Waals surface area contributed by atoms with E-state index in [2.05, 4.69) is 20.6 Å². The molecule has 10 heteroatoms. The number of anilines is 2. The van der Waals surface area contributed by atoms with Gasteiger partial charge in [0.15, 0.2) is 5.69 Å². The van der Waals surface area contributed by atoms with Crippen LogP contribution >= 0.6 is 11.6 Å². The zero-order valence-electron chi connectivity index (χ0n) is 15.3. The Morgan fingerprint density at radius 3 is 2.62 bits per heavy atom. The van der Waals surface area contributed by atoms with Gasteiger partial charge in [-0.2, -0.15) is 13.2 Å². The molecule has 156 valence electrons. The lowest BCUT2D eigenvalue weighted by molar-refractivity contribution is -0.141. The van der Waals surface area contributed by atoms with Gasteiger partial charge < -0.3 is 10.6 Å². The Morgan fingerprint density at radius 1 is 1.21 bits per heavy atom. The van der Waals surface area contributed by atoms with E-state index >= 15 is 0 Å². The lowest BCUT2D eigenvalue weighted by Crippen LogP contribution is -2.32. The van der Waals surface area contributed by atoms with Gasteiger partial charge in [-0.25, -0.2) is 14.4 Å². The number of nitrogens with zero attached hydrogens (tertiary/aromatic N) is 2. The van der Waals surface area contributed by atoms with Gasteiger partial charge in [-0.1, -0.05) is 30.9 Å². The fraction of sp³-hybridized carbons (Fsp3) is 0.421. The molecule has 0 radical (unpaired) electrons. The molecule has 1 aliphatic rings. The Kier molecular flexibility index (Phi) is 6.56. The Labute approximate surface area is 169 Å². The molecule has 1 fully saturated rings. The summed E-state index contributed by atoms with van der Waals surface area (Å²) >= 11 is 5.77. The molecule has 0 saturated heterocycles. The Morgan fingerprint density at radius 2 is 1.93 bits per heavy atom. The van der Waals surface area contributed by atoms with E-state index in [1.165, 1.54) is 12.1 Å². The number of hydrogen-bond acceptors (Lipinski definition) is 4. The quantitative estimate of drug-likeness (QED) is 0.628. The van der Waals surface area contributed by atoms with Crippen LogP contribution in [0, 0.1) is 11.7 Å². The molecule has 5 nitrogen and oxygen atoms in total. The lowest BCUT2D eigenvalue weighted by atomic mass is 9.89. The normalized spacial score (nSPS) is 15.2. The van der Waals surface area contributed by atoms with Crippen molar-refractivity contribution in [3.8, 4) is 0 Å². The van der Waals surface area contributed by atoms with Crippen molar-refractivity contribution in [2.75, 3.05) is 11.9 Å². The van der Waals surface area contributed by atoms with Crippen LogP contribution in [0.3, 0.4) is 0 Å². The molecule has 1 amide bonds. The van der Waals surface area contributed by atoms with Crippen molar-refractivity contribution in [1.29, 1.82) is 0 Å². The monoisotopic (exact) mass is 430 g/mol. The number of carbonyl (C=O) groups is 1. The number of nitrogens with one attached hydrogen (secondary N) is 2. The highest BCUT2D eigenvalue weighted by Crippen LogP contribution is 2.32. The van der Waals surface area contributed by atoms with Crippen LogP contribution in [0.15, 0.2) is 24.4 Å². The van der Waals surface area contributed by atoms with Crippen LogP contribution in [0.4, 0.5) is 29.2 Å². The Hall–Kier alpha value is -2.42. The number of alkyl halides is 3. The first-order valence-corrected chi connectivity index (χ1v) is 9.56. The minimum absolute atomic E-state index is 0.180. The first-order valence-electron chi connectivity index (χ1n) is 9.18. The maximum Gasteiger partial charge on any atom is 0.434 e. The fourth-order valence-corrected chi connectivity index (χ4v) is 3.43. The number of benzene rings is 1. The summed E-state index contributed by atoms with van der Waals surface area (Å²) in [6, 6.07) is 3.55. The Balaban J connectivity index is 1.80. The third-order valence-corrected chi connectivity index (χ3v) is 4.99.